The van der Waals surface area contributed by atoms with E-state index in [9.17, 15) is 13.2 Å². The van der Waals surface area contributed by atoms with Crippen molar-refractivity contribution in [2.45, 2.75) is 31.6 Å². The molecule has 0 aliphatic heterocycles. The molecule has 33 heavy (non-hydrogen) atoms. The van der Waals surface area contributed by atoms with Gasteiger partial charge in [0.1, 0.15) is 6.54 Å². The molecule has 0 saturated carbocycles. The van der Waals surface area contributed by atoms with Crippen LogP contribution in [0.2, 0.25) is 10.0 Å². The van der Waals surface area contributed by atoms with Gasteiger partial charge in [-0.1, -0.05) is 59.1 Å². The Morgan fingerprint density at radius 2 is 1.61 bits per heavy atom. The highest BCUT2D eigenvalue weighted by molar-refractivity contribution is 7.92. The van der Waals surface area contributed by atoms with E-state index in [4.69, 9.17) is 23.2 Å². The highest BCUT2D eigenvalue weighted by Crippen LogP contribution is 2.30. The van der Waals surface area contributed by atoms with Gasteiger partial charge in [-0.15, -0.1) is 0 Å². The summed E-state index contributed by atoms with van der Waals surface area (Å²) in [5.74, 6) is -0.388. The summed E-state index contributed by atoms with van der Waals surface area (Å²) in [7, 11) is -3.98. The summed E-state index contributed by atoms with van der Waals surface area (Å²) in [6, 6.07) is 19.1. The van der Waals surface area contributed by atoms with Gasteiger partial charge < -0.3 is 5.32 Å². The summed E-state index contributed by atoms with van der Waals surface area (Å²) >= 11 is 12.2. The number of sulfonamides is 1. The van der Waals surface area contributed by atoms with Gasteiger partial charge in [0.25, 0.3) is 10.0 Å². The Morgan fingerprint density at radius 1 is 0.939 bits per heavy atom. The van der Waals surface area contributed by atoms with E-state index >= 15 is 0 Å². The van der Waals surface area contributed by atoms with E-state index in [0.29, 0.717) is 34.3 Å². The van der Waals surface area contributed by atoms with Gasteiger partial charge in [0.15, 0.2) is 0 Å². The van der Waals surface area contributed by atoms with Crippen molar-refractivity contribution in [1.82, 2.24) is 5.32 Å². The van der Waals surface area contributed by atoms with Crippen LogP contribution in [0.3, 0.4) is 0 Å². The summed E-state index contributed by atoms with van der Waals surface area (Å²) in [5, 5.41) is 3.94. The molecule has 5 nitrogen and oxygen atoms in total. The summed E-state index contributed by atoms with van der Waals surface area (Å²) in [6.07, 6.45) is 1.49. The number of anilines is 1. The van der Waals surface area contributed by atoms with Crippen LogP contribution >= 0.6 is 23.2 Å². The van der Waals surface area contributed by atoms with Crippen LogP contribution in [0, 0.1) is 13.8 Å². The van der Waals surface area contributed by atoms with Crippen molar-refractivity contribution in [3.05, 3.63) is 93.5 Å². The Kier molecular flexibility index (Phi) is 8.40. The quantitative estimate of drug-likeness (QED) is 0.388. The van der Waals surface area contributed by atoms with Crippen LogP contribution < -0.4 is 9.62 Å². The molecule has 0 spiro atoms. The smallest absolute Gasteiger partial charge is 0.264 e. The van der Waals surface area contributed by atoms with E-state index in [1.165, 1.54) is 0 Å². The number of amides is 1. The number of aryl methyl sites for hydroxylation is 2. The van der Waals surface area contributed by atoms with E-state index in [2.05, 4.69) is 5.32 Å². The third-order valence-electron chi connectivity index (χ3n) is 5.28. The summed E-state index contributed by atoms with van der Waals surface area (Å²) in [4.78, 5) is 12.9. The maximum atomic E-state index is 13.5. The molecule has 0 saturated heterocycles. The molecule has 0 unspecified atom stereocenters. The zero-order valence-corrected chi connectivity index (χ0v) is 20.8. The second kappa shape index (κ2) is 11.1. The molecule has 1 amide bonds. The van der Waals surface area contributed by atoms with E-state index in [0.717, 1.165) is 21.9 Å². The lowest BCUT2D eigenvalue weighted by Gasteiger charge is -2.26. The number of carbonyl (C=O) groups excluding carboxylic acids is 1. The molecule has 3 aromatic carbocycles. The Morgan fingerprint density at radius 3 is 2.27 bits per heavy atom. The standard InChI is InChI=1S/C25H26Cl2N2O3S/c1-18-8-14-22(15-9-18)33(31,32)29(24-7-3-6-23(27)19(24)2)17-25(30)28-16-4-5-20-10-12-21(26)13-11-20/h3,6-15H,4-5,16-17H2,1-2H3,(H,28,30). The number of rotatable bonds is 9. The van der Waals surface area contributed by atoms with Crippen LogP contribution in [0.1, 0.15) is 23.1 Å². The lowest BCUT2D eigenvalue weighted by Crippen LogP contribution is -2.41. The topological polar surface area (TPSA) is 66.5 Å². The lowest BCUT2D eigenvalue weighted by atomic mass is 10.1. The molecular weight excluding hydrogens is 479 g/mol. The van der Waals surface area contributed by atoms with Gasteiger partial charge in [-0.3, -0.25) is 9.10 Å². The Balaban J connectivity index is 1.75. The fourth-order valence-electron chi connectivity index (χ4n) is 3.36. The molecule has 0 bridgehead atoms. The average molecular weight is 505 g/mol. The molecule has 0 heterocycles. The summed E-state index contributed by atoms with van der Waals surface area (Å²) in [6.45, 7) is 3.69. The van der Waals surface area contributed by atoms with Crippen LogP contribution in [0.5, 0.6) is 0 Å². The first kappa shape index (κ1) is 25.1. The number of carbonyl (C=O) groups is 1. The molecule has 0 radical (unpaired) electrons. The summed E-state index contributed by atoms with van der Waals surface area (Å²) < 4.78 is 28.1. The molecule has 0 atom stereocenters. The zero-order chi connectivity index (χ0) is 24.0. The molecule has 8 heteroatoms. The summed E-state index contributed by atoms with van der Waals surface area (Å²) in [5.41, 5.74) is 3.02. The highest BCUT2D eigenvalue weighted by Gasteiger charge is 2.28. The van der Waals surface area contributed by atoms with Crippen molar-refractivity contribution in [2.75, 3.05) is 17.4 Å². The molecular formula is C25H26Cl2N2O3S. The number of halogens is 2. The largest absolute Gasteiger partial charge is 0.355 e. The fraction of sp³-hybridized carbons (Fsp3) is 0.240. The van der Waals surface area contributed by atoms with Crippen LogP contribution in [0.4, 0.5) is 5.69 Å². The molecule has 0 fully saturated rings. The van der Waals surface area contributed by atoms with Gasteiger partial charge in [0, 0.05) is 16.6 Å². The Bertz CT molecular complexity index is 1210. The number of hydrogen-bond donors (Lipinski definition) is 1. The minimum absolute atomic E-state index is 0.114. The van der Waals surface area contributed by atoms with Crippen molar-refractivity contribution in [1.29, 1.82) is 0 Å². The number of benzene rings is 3. The number of hydrogen-bond acceptors (Lipinski definition) is 3. The van der Waals surface area contributed by atoms with E-state index in [1.807, 2.05) is 31.2 Å². The Labute approximate surface area is 205 Å². The fourth-order valence-corrected chi connectivity index (χ4v) is 5.14. The molecule has 3 rings (SSSR count). The van der Waals surface area contributed by atoms with E-state index in [-0.39, 0.29) is 17.3 Å². The zero-order valence-electron chi connectivity index (χ0n) is 18.5. The molecule has 174 valence electrons. The van der Waals surface area contributed by atoms with Gasteiger partial charge in [-0.05, 0) is 74.2 Å². The molecule has 1 N–H and O–H groups in total. The minimum Gasteiger partial charge on any atom is -0.355 e. The average Bonchev–Trinajstić information content (AvgIpc) is 2.78. The maximum absolute atomic E-state index is 13.5. The van der Waals surface area contributed by atoms with Crippen LogP contribution in [-0.2, 0) is 21.2 Å². The van der Waals surface area contributed by atoms with Crippen LogP contribution in [0.15, 0.2) is 71.6 Å². The van der Waals surface area contributed by atoms with Crippen LogP contribution in [0.25, 0.3) is 0 Å². The van der Waals surface area contributed by atoms with Crippen LogP contribution in [-0.4, -0.2) is 27.4 Å². The van der Waals surface area contributed by atoms with Gasteiger partial charge in [0.05, 0.1) is 10.6 Å². The van der Waals surface area contributed by atoms with E-state index < -0.39 is 10.0 Å². The van der Waals surface area contributed by atoms with Crippen molar-refractivity contribution < 1.29 is 13.2 Å². The first-order valence-electron chi connectivity index (χ1n) is 10.5. The van der Waals surface area contributed by atoms with Crippen molar-refractivity contribution >= 4 is 44.8 Å². The van der Waals surface area contributed by atoms with Crippen molar-refractivity contribution in [3.63, 3.8) is 0 Å². The maximum Gasteiger partial charge on any atom is 0.264 e. The molecule has 0 aliphatic rings. The third kappa shape index (κ3) is 6.50. The van der Waals surface area contributed by atoms with Gasteiger partial charge in [-0.25, -0.2) is 8.42 Å². The van der Waals surface area contributed by atoms with Crippen molar-refractivity contribution in [3.8, 4) is 0 Å². The number of nitrogens with zero attached hydrogens (tertiary/aromatic N) is 1. The van der Waals surface area contributed by atoms with Gasteiger partial charge in [0.2, 0.25) is 5.91 Å². The van der Waals surface area contributed by atoms with E-state index in [1.54, 1.807) is 49.4 Å². The third-order valence-corrected chi connectivity index (χ3v) is 7.72. The lowest BCUT2D eigenvalue weighted by molar-refractivity contribution is -0.119. The Hall–Kier alpha value is -2.54. The van der Waals surface area contributed by atoms with Crippen molar-refractivity contribution in [2.24, 2.45) is 0 Å². The molecule has 3 aromatic rings. The first-order chi connectivity index (χ1) is 15.7. The monoisotopic (exact) mass is 504 g/mol. The van der Waals surface area contributed by atoms with Gasteiger partial charge >= 0.3 is 0 Å². The normalized spacial score (nSPS) is 11.3. The van der Waals surface area contributed by atoms with Gasteiger partial charge in [-0.2, -0.15) is 0 Å². The molecule has 0 aliphatic carbocycles. The highest BCUT2D eigenvalue weighted by atomic mass is 35.5. The first-order valence-corrected chi connectivity index (χ1v) is 12.7. The second-order valence-corrected chi connectivity index (χ2v) is 10.5. The minimum atomic E-state index is -3.98. The SMILES string of the molecule is Cc1ccc(S(=O)(=O)N(CC(=O)NCCCc2ccc(Cl)cc2)c2cccc(Cl)c2C)cc1. The predicted octanol–water partition coefficient (Wildman–Crippen LogP) is 5.55. The predicted molar refractivity (Wildman–Crippen MR) is 135 cm³/mol. The molecule has 0 aromatic heterocycles. The second-order valence-electron chi connectivity index (χ2n) is 7.79. The number of nitrogens with one attached hydrogen (secondary N) is 1.